The number of aliphatic hydroxyl groups is 1. The van der Waals surface area contributed by atoms with Crippen LogP contribution in [0.1, 0.15) is 20.3 Å². The Kier molecular flexibility index (Phi) is 6.32. The van der Waals surface area contributed by atoms with E-state index in [9.17, 15) is 4.79 Å². The summed E-state index contributed by atoms with van der Waals surface area (Å²) in [5.74, 6) is 0. The van der Waals surface area contributed by atoms with Gasteiger partial charge in [0.2, 0.25) is 0 Å². The molecule has 4 nitrogen and oxygen atoms in total. The number of nitrogens with zero attached hydrogens (tertiary/aromatic N) is 2. The molecule has 0 heterocycles. The maximum absolute atomic E-state index is 11.6. The van der Waals surface area contributed by atoms with Crippen LogP contribution in [0.25, 0.3) is 0 Å². The Morgan fingerprint density at radius 2 is 1.85 bits per heavy atom. The summed E-state index contributed by atoms with van der Waals surface area (Å²) in [6.07, 6.45) is 0.642. The second kappa shape index (κ2) is 6.71. The third-order valence-electron chi connectivity index (χ3n) is 2.01. The molecule has 0 aromatic rings. The average molecular weight is 188 g/mol. The lowest BCUT2D eigenvalue weighted by atomic mass is 10.4. The van der Waals surface area contributed by atoms with Crippen LogP contribution in [0.15, 0.2) is 0 Å². The zero-order valence-corrected chi connectivity index (χ0v) is 8.79. The summed E-state index contributed by atoms with van der Waals surface area (Å²) in [6.45, 7) is 6.14. The second-order valence-electron chi connectivity index (χ2n) is 2.95. The van der Waals surface area contributed by atoms with Gasteiger partial charge in [0, 0.05) is 33.3 Å². The van der Waals surface area contributed by atoms with Gasteiger partial charge in [-0.1, -0.05) is 0 Å². The van der Waals surface area contributed by atoms with Gasteiger partial charge in [-0.05, 0) is 20.3 Å². The predicted octanol–water partition coefficient (Wildman–Crippen LogP) is 0.762. The van der Waals surface area contributed by atoms with E-state index in [0.29, 0.717) is 13.0 Å². The van der Waals surface area contributed by atoms with E-state index in [1.54, 1.807) is 16.8 Å². The molecule has 13 heavy (non-hydrogen) atoms. The highest BCUT2D eigenvalue weighted by Crippen LogP contribution is 1.97. The molecule has 0 bridgehead atoms. The summed E-state index contributed by atoms with van der Waals surface area (Å²) in [5.41, 5.74) is 0. The maximum Gasteiger partial charge on any atom is 0.319 e. The van der Waals surface area contributed by atoms with Crippen LogP contribution < -0.4 is 0 Å². The zero-order valence-electron chi connectivity index (χ0n) is 8.79. The molecule has 2 amide bonds. The highest BCUT2D eigenvalue weighted by Gasteiger charge is 2.13. The largest absolute Gasteiger partial charge is 0.396 e. The first kappa shape index (κ1) is 12.2. The minimum absolute atomic E-state index is 0.0402. The van der Waals surface area contributed by atoms with Crippen molar-refractivity contribution in [3.8, 4) is 0 Å². The smallest absolute Gasteiger partial charge is 0.319 e. The Hall–Kier alpha value is -0.770. The van der Waals surface area contributed by atoms with Gasteiger partial charge in [-0.25, -0.2) is 4.79 Å². The topological polar surface area (TPSA) is 43.8 Å². The molecule has 0 fully saturated rings. The minimum atomic E-state index is 0.0402. The third-order valence-corrected chi connectivity index (χ3v) is 2.01. The number of aliphatic hydroxyl groups excluding tert-OH is 1. The second-order valence-corrected chi connectivity index (χ2v) is 2.95. The first-order valence-corrected chi connectivity index (χ1v) is 4.78. The number of hydrogen-bond donors (Lipinski definition) is 1. The van der Waals surface area contributed by atoms with Crippen LogP contribution in [0.4, 0.5) is 4.79 Å². The molecule has 0 aromatic heterocycles. The van der Waals surface area contributed by atoms with E-state index in [-0.39, 0.29) is 12.6 Å². The van der Waals surface area contributed by atoms with Crippen molar-refractivity contribution >= 4 is 6.03 Å². The first-order valence-electron chi connectivity index (χ1n) is 4.78. The van der Waals surface area contributed by atoms with Crippen molar-refractivity contribution in [3.63, 3.8) is 0 Å². The number of carbonyl (C=O) groups excluding carboxylic acids is 1. The van der Waals surface area contributed by atoms with E-state index in [0.717, 1.165) is 13.1 Å². The van der Waals surface area contributed by atoms with Crippen LogP contribution in [-0.4, -0.2) is 54.2 Å². The Bertz CT molecular complexity index is 147. The number of rotatable bonds is 5. The van der Waals surface area contributed by atoms with Gasteiger partial charge >= 0.3 is 6.03 Å². The van der Waals surface area contributed by atoms with Gasteiger partial charge in [0.05, 0.1) is 0 Å². The average Bonchev–Trinajstić information content (AvgIpc) is 2.15. The van der Waals surface area contributed by atoms with Gasteiger partial charge in [0.25, 0.3) is 0 Å². The summed E-state index contributed by atoms with van der Waals surface area (Å²) < 4.78 is 0. The van der Waals surface area contributed by atoms with Gasteiger partial charge in [0.15, 0.2) is 0 Å². The van der Waals surface area contributed by atoms with Crippen molar-refractivity contribution in [1.82, 2.24) is 9.80 Å². The van der Waals surface area contributed by atoms with Gasteiger partial charge in [-0.15, -0.1) is 0 Å². The van der Waals surface area contributed by atoms with E-state index < -0.39 is 0 Å². The maximum atomic E-state index is 11.6. The molecule has 78 valence electrons. The lowest BCUT2D eigenvalue weighted by Crippen LogP contribution is -2.41. The van der Waals surface area contributed by atoms with E-state index in [1.807, 2.05) is 13.8 Å². The Morgan fingerprint density at radius 3 is 2.23 bits per heavy atom. The van der Waals surface area contributed by atoms with Crippen LogP contribution in [-0.2, 0) is 0 Å². The summed E-state index contributed by atoms with van der Waals surface area (Å²) in [7, 11) is 1.76. The molecule has 0 unspecified atom stereocenters. The Morgan fingerprint density at radius 1 is 1.31 bits per heavy atom. The van der Waals surface area contributed by atoms with E-state index in [1.165, 1.54) is 0 Å². The number of urea groups is 1. The lowest BCUT2D eigenvalue weighted by molar-refractivity contribution is 0.163. The summed E-state index contributed by atoms with van der Waals surface area (Å²) in [5, 5.41) is 8.60. The van der Waals surface area contributed by atoms with E-state index in [4.69, 9.17) is 5.11 Å². The van der Waals surface area contributed by atoms with Crippen molar-refractivity contribution in [2.75, 3.05) is 33.3 Å². The monoisotopic (exact) mass is 188 g/mol. The van der Waals surface area contributed by atoms with E-state index in [2.05, 4.69) is 0 Å². The van der Waals surface area contributed by atoms with Gasteiger partial charge < -0.3 is 14.9 Å². The van der Waals surface area contributed by atoms with Gasteiger partial charge in [-0.2, -0.15) is 0 Å². The highest BCUT2D eigenvalue weighted by molar-refractivity contribution is 5.74. The molecule has 0 rings (SSSR count). The molecule has 0 atom stereocenters. The lowest BCUT2D eigenvalue weighted by Gasteiger charge is -2.25. The molecule has 1 N–H and O–H groups in total. The van der Waals surface area contributed by atoms with Crippen LogP contribution in [0, 0.1) is 0 Å². The van der Waals surface area contributed by atoms with Crippen LogP contribution in [0.5, 0.6) is 0 Å². The minimum Gasteiger partial charge on any atom is -0.396 e. The fourth-order valence-electron chi connectivity index (χ4n) is 1.14. The first-order chi connectivity index (χ1) is 6.17. The standard InChI is InChI=1S/C9H20N2O2/c1-4-11(5-2)9(13)10(3)7-6-8-12/h12H,4-8H2,1-3H3. The van der Waals surface area contributed by atoms with Crippen molar-refractivity contribution in [2.45, 2.75) is 20.3 Å². The Balaban J connectivity index is 3.92. The van der Waals surface area contributed by atoms with Gasteiger partial charge in [0.1, 0.15) is 0 Å². The molecule has 0 saturated carbocycles. The fourth-order valence-corrected chi connectivity index (χ4v) is 1.14. The van der Waals surface area contributed by atoms with Gasteiger partial charge in [-0.3, -0.25) is 0 Å². The molecule has 0 aliphatic heterocycles. The number of amides is 2. The molecule has 0 radical (unpaired) electrons. The van der Waals surface area contributed by atoms with Crippen LogP contribution in [0.2, 0.25) is 0 Å². The molecular formula is C9H20N2O2. The SMILES string of the molecule is CCN(CC)C(=O)N(C)CCCO. The molecular weight excluding hydrogens is 168 g/mol. The summed E-state index contributed by atoms with van der Waals surface area (Å²) >= 11 is 0. The van der Waals surface area contributed by atoms with Crippen molar-refractivity contribution in [2.24, 2.45) is 0 Å². The Labute approximate surface area is 80.1 Å². The number of hydrogen-bond acceptors (Lipinski definition) is 2. The summed E-state index contributed by atoms with van der Waals surface area (Å²) in [4.78, 5) is 15.0. The third kappa shape index (κ3) is 4.12. The van der Waals surface area contributed by atoms with Crippen LogP contribution in [0.3, 0.4) is 0 Å². The molecule has 0 spiro atoms. The van der Waals surface area contributed by atoms with E-state index >= 15 is 0 Å². The normalized spacial score (nSPS) is 9.85. The quantitative estimate of drug-likeness (QED) is 0.692. The van der Waals surface area contributed by atoms with Crippen molar-refractivity contribution in [3.05, 3.63) is 0 Å². The van der Waals surface area contributed by atoms with Crippen molar-refractivity contribution in [1.29, 1.82) is 0 Å². The molecule has 0 aliphatic rings. The fraction of sp³-hybridized carbons (Fsp3) is 0.889. The summed E-state index contributed by atoms with van der Waals surface area (Å²) in [6, 6.07) is 0.0402. The zero-order chi connectivity index (χ0) is 10.3. The predicted molar refractivity (Wildman–Crippen MR) is 52.6 cm³/mol. The molecule has 0 aromatic carbocycles. The highest BCUT2D eigenvalue weighted by atomic mass is 16.3. The number of carbonyl (C=O) groups is 1. The van der Waals surface area contributed by atoms with Crippen molar-refractivity contribution < 1.29 is 9.90 Å². The molecule has 0 saturated heterocycles. The molecule has 4 heteroatoms. The van der Waals surface area contributed by atoms with Crippen LogP contribution >= 0.6 is 0 Å². The molecule has 0 aliphatic carbocycles.